The molecular formula is C21H19ClFNO3. The third-order valence-electron chi connectivity index (χ3n) is 4.38. The highest BCUT2D eigenvalue weighted by molar-refractivity contribution is 6.32. The van der Waals surface area contributed by atoms with E-state index >= 15 is 0 Å². The molecule has 140 valence electrons. The van der Waals surface area contributed by atoms with Crippen molar-refractivity contribution in [2.45, 2.75) is 26.7 Å². The van der Waals surface area contributed by atoms with Crippen molar-refractivity contribution in [3.8, 4) is 5.75 Å². The Hall–Kier alpha value is -2.66. The molecule has 1 aliphatic heterocycles. The summed E-state index contributed by atoms with van der Waals surface area (Å²) < 4.78 is 20.1. The number of nitrogens with zero attached hydrogens (tertiary/aromatic N) is 1. The van der Waals surface area contributed by atoms with E-state index in [-0.39, 0.29) is 22.9 Å². The van der Waals surface area contributed by atoms with Gasteiger partial charge in [-0.25, -0.2) is 9.29 Å². The number of carbonyl (C=O) groups excluding carboxylic acids is 2. The fraction of sp³-hybridized carbons (Fsp3) is 0.238. The second-order valence-electron chi connectivity index (χ2n) is 6.51. The summed E-state index contributed by atoms with van der Waals surface area (Å²) in [4.78, 5) is 25.6. The van der Waals surface area contributed by atoms with Gasteiger partial charge in [-0.15, -0.1) is 0 Å². The summed E-state index contributed by atoms with van der Waals surface area (Å²) in [5.41, 5.74) is 2.08. The molecule has 0 spiro atoms. The van der Waals surface area contributed by atoms with Crippen molar-refractivity contribution >= 4 is 29.1 Å². The van der Waals surface area contributed by atoms with Gasteiger partial charge in [-0.2, -0.15) is 0 Å². The van der Waals surface area contributed by atoms with Crippen LogP contribution < -0.4 is 9.64 Å². The van der Waals surface area contributed by atoms with Crippen LogP contribution in [0.2, 0.25) is 5.02 Å². The standard InChI is InChI=1S/C21H19ClFNO3/c1-13(2)15-10-20(25)24(21(15)26)18-12-19(16(22)11-17(18)23)27-9-8-14-6-4-3-5-7-14/h3-7,11-12H,8-10H2,1-2H3. The van der Waals surface area contributed by atoms with Gasteiger partial charge in [0.1, 0.15) is 11.6 Å². The first-order valence-electron chi connectivity index (χ1n) is 8.58. The molecule has 1 heterocycles. The smallest absolute Gasteiger partial charge is 0.261 e. The zero-order valence-corrected chi connectivity index (χ0v) is 15.8. The molecule has 0 atom stereocenters. The molecule has 0 N–H and O–H groups in total. The van der Waals surface area contributed by atoms with Crippen LogP contribution in [0.15, 0.2) is 53.6 Å². The third kappa shape index (κ3) is 4.03. The molecule has 0 aliphatic carbocycles. The Bertz CT molecular complexity index is 921. The molecule has 0 unspecified atom stereocenters. The quantitative estimate of drug-likeness (QED) is 0.551. The van der Waals surface area contributed by atoms with Gasteiger partial charge in [-0.3, -0.25) is 9.59 Å². The molecule has 1 fully saturated rings. The van der Waals surface area contributed by atoms with E-state index in [2.05, 4.69) is 0 Å². The fourth-order valence-electron chi connectivity index (χ4n) is 2.91. The second-order valence-corrected chi connectivity index (χ2v) is 6.91. The molecule has 0 saturated carbocycles. The van der Waals surface area contributed by atoms with Gasteiger partial charge >= 0.3 is 0 Å². The van der Waals surface area contributed by atoms with Crippen molar-refractivity contribution in [3.05, 3.63) is 70.0 Å². The minimum Gasteiger partial charge on any atom is -0.492 e. The van der Waals surface area contributed by atoms with E-state index in [9.17, 15) is 14.0 Å². The lowest BCUT2D eigenvalue weighted by Gasteiger charge is -2.17. The van der Waals surface area contributed by atoms with E-state index in [0.717, 1.165) is 22.1 Å². The number of imide groups is 1. The Labute approximate surface area is 162 Å². The van der Waals surface area contributed by atoms with Crippen molar-refractivity contribution in [2.24, 2.45) is 0 Å². The predicted octanol–water partition coefficient (Wildman–Crippen LogP) is 4.70. The van der Waals surface area contributed by atoms with Crippen molar-refractivity contribution in [2.75, 3.05) is 11.5 Å². The van der Waals surface area contributed by atoms with Gasteiger partial charge < -0.3 is 4.74 Å². The first kappa shape index (κ1) is 19.1. The highest BCUT2D eigenvalue weighted by atomic mass is 35.5. The van der Waals surface area contributed by atoms with Gasteiger partial charge in [0, 0.05) is 18.1 Å². The lowest BCUT2D eigenvalue weighted by atomic mass is 10.1. The highest BCUT2D eigenvalue weighted by Crippen LogP contribution is 2.36. The van der Waals surface area contributed by atoms with E-state index in [4.69, 9.17) is 16.3 Å². The molecule has 0 bridgehead atoms. The topological polar surface area (TPSA) is 46.6 Å². The lowest BCUT2D eigenvalue weighted by molar-refractivity contribution is -0.120. The highest BCUT2D eigenvalue weighted by Gasteiger charge is 2.37. The Morgan fingerprint density at radius 1 is 1.19 bits per heavy atom. The number of benzene rings is 2. The average molecular weight is 388 g/mol. The third-order valence-corrected chi connectivity index (χ3v) is 4.67. The number of amides is 2. The monoisotopic (exact) mass is 387 g/mol. The number of hydrogen-bond donors (Lipinski definition) is 0. The number of halogens is 2. The van der Waals surface area contributed by atoms with Crippen molar-refractivity contribution in [1.29, 1.82) is 0 Å². The molecule has 0 aromatic heterocycles. The maximum absolute atomic E-state index is 14.4. The van der Waals surface area contributed by atoms with E-state index in [1.165, 1.54) is 6.07 Å². The van der Waals surface area contributed by atoms with Crippen LogP contribution in [0.25, 0.3) is 0 Å². The molecular weight excluding hydrogens is 369 g/mol. The van der Waals surface area contributed by atoms with Gasteiger partial charge in [-0.1, -0.05) is 47.5 Å². The SMILES string of the molecule is CC(C)=C1CC(=O)N(c2cc(OCCc3ccccc3)c(Cl)cc2F)C1=O. The average Bonchev–Trinajstić information content (AvgIpc) is 2.93. The molecule has 4 nitrogen and oxygen atoms in total. The molecule has 2 amide bonds. The maximum Gasteiger partial charge on any atom is 0.261 e. The van der Waals surface area contributed by atoms with Crippen LogP contribution in [0, 0.1) is 5.82 Å². The van der Waals surface area contributed by atoms with E-state index in [1.807, 2.05) is 30.3 Å². The number of carbonyl (C=O) groups is 2. The lowest BCUT2D eigenvalue weighted by Crippen LogP contribution is -2.30. The van der Waals surface area contributed by atoms with Crippen LogP contribution in [0.3, 0.4) is 0 Å². The Morgan fingerprint density at radius 2 is 1.89 bits per heavy atom. The van der Waals surface area contributed by atoms with E-state index in [1.54, 1.807) is 13.8 Å². The molecule has 2 aromatic carbocycles. The van der Waals surface area contributed by atoms with Crippen LogP contribution >= 0.6 is 11.6 Å². The molecule has 27 heavy (non-hydrogen) atoms. The van der Waals surface area contributed by atoms with Crippen LogP contribution in [-0.4, -0.2) is 18.4 Å². The summed E-state index contributed by atoms with van der Waals surface area (Å²) in [5.74, 6) is -1.48. The summed E-state index contributed by atoms with van der Waals surface area (Å²) in [6.45, 7) is 3.83. The van der Waals surface area contributed by atoms with Gasteiger partial charge in [0.2, 0.25) is 5.91 Å². The first-order chi connectivity index (χ1) is 12.9. The Kier molecular flexibility index (Phi) is 5.61. The van der Waals surface area contributed by atoms with Crippen molar-refractivity contribution < 1.29 is 18.7 Å². The van der Waals surface area contributed by atoms with Gasteiger partial charge in [0.15, 0.2) is 0 Å². The van der Waals surface area contributed by atoms with Crippen LogP contribution in [0.4, 0.5) is 10.1 Å². The predicted molar refractivity (Wildman–Crippen MR) is 103 cm³/mol. The van der Waals surface area contributed by atoms with Crippen LogP contribution in [-0.2, 0) is 16.0 Å². The summed E-state index contributed by atoms with van der Waals surface area (Å²) in [6, 6.07) is 12.1. The number of hydrogen-bond acceptors (Lipinski definition) is 3. The molecule has 1 saturated heterocycles. The zero-order valence-electron chi connectivity index (χ0n) is 15.1. The maximum atomic E-state index is 14.4. The molecule has 1 aliphatic rings. The molecule has 2 aromatic rings. The molecule has 6 heteroatoms. The largest absolute Gasteiger partial charge is 0.492 e. The fourth-order valence-corrected chi connectivity index (χ4v) is 3.12. The van der Waals surface area contributed by atoms with Crippen LogP contribution in [0.5, 0.6) is 5.75 Å². The molecule has 3 rings (SSSR count). The number of allylic oxidation sites excluding steroid dienone is 1. The van der Waals surface area contributed by atoms with Gasteiger partial charge in [-0.05, 0) is 25.5 Å². The summed E-state index contributed by atoms with van der Waals surface area (Å²) >= 11 is 6.08. The van der Waals surface area contributed by atoms with Crippen LogP contribution in [0.1, 0.15) is 25.8 Å². The number of anilines is 1. The van der Waals surface area contributed by atoms with Gasteiger partial charge in [0.05, 0.1) is 23.7 Å². The van der Waals surface area contributed by atoms with Gasteiger partial charge in [0.25, 0.3) is 5.91 Å². The number of ether oxygens (including phenoxy) is 1. The Morgan fingerprint density at radius 3 is 2.52 bits per heavy atom. The number of rotatable bonds is 5. The summed E-state index contributed by atoms with van der Waals surface area (Å²) in [6.07, 6.45) is 0.612. The summed E-state index contributed by atoms with van der Waals surface area (Å²) in [5, 5.41) is 0.0887. The van der Waals surface area contributed by atoms with E-state index in [0.29, 0.717) is 18.6 Å². The Balaban J connectivity index is 1.83. The van der Waals surface area contributed by atoms with Crippen molar-refractivity contribution in [3.63, 3.8) is 0 Å². The summed E-state index contributed by atoms with van der Waals surface area (Å²) in [7, 11) is 0. The minimum absolute atomic E-state index is 0.0343. The second kappa shape index (κ2) is 7.92. The zero-order chi connectivity index (χ0) is 19.6. The minimum atomic E-state index is -0.743. The first-order valence-corrected chi connectivity index (χ1v) is 8.95. The molecule has 0 radical (unpaired) electrons. The normalized spacial score (nSPS) is 14.1. The van der Waals surface area contributed by atoms with E-state index < -0.39 is 17.6 Å². The van der Waals surface area contributed by atoms with Crippen molar-refractivity contribution in [1.82, 2.24) is 0 Å².